The Hall–Kier alpha value is -2.90. The summed E-state index contributed by atoms with van der Waals surface area (Å²) >= 11 is 0. The van der Waals surface area contributed by atoms with Gasteiger partial charge in [-0.2, -0.15) is 0 Å². The fourth-order valence-electron chi connectivity index (χ4n) is 2.70. The lowest BCUT2D eigenvalue weighted by Gasteiger charge is -2.13. The smallest absolute Gasteiger partial charge is 0.410 e. The Morgan fingerprint density at radius 3 is 3.04 bits per heavy atom. The molecule has 126 valence electrons. The highest BCUT2D eigenvalue weighted by atomic mass is 19.1. The SMILES string of the molecule is COc1cc(F)c2nccc([C@@H]3CN(CCC(N)=O)C(=O)O3)c2c1. The second-order valence-electron chi connectivity index (χ2n) is 5.44. The van der Waals surface area contributed by atoms with Crippen LogP contribution in [0.5, 0.6) is 5.75 Å². The largest absolute Gasteiger partial charge is 0.497 e. The lowest BCUT2D eigenvalue weighted by molar-refractivity contribution is -0.118. The number of carbonyl (C=O) groups is 2. The molecule has 1 fully saturated rings. The number of amides is 2. The molecule has 2 heterocycles. The monoisotopic (exact) mass is 333 g/mol. The van der Waals surface area contributed by atoms with Crippen molar-refractivity contribution in [2.45, 2.75) is 12.5 Å². The molecule has 0 radical (unpaired) electrons. The van der Waals surface area contributed by atoms with Crippen molar-refractivity contribution in [2.75, 3.05) is 20.2 Å². The topological polar surface area (TPSA) is 94.7 Å². The summed E-state index contributed by atoms with van der Waals surface area (Å²) in [5, 5.41) is 0.518. The van der Waals surface area contributed by atoms with E-state index in [0.29, 0.717) is 16.7 Å². The molecular weight excluding hydrogens is 317 g/mol. The number of pyridine rings is 1. The van der Waals surface area contributed by atoms with E-state index in [-0.39, 0.29) is 25.0 Å². The van der Waals surface area contributed by atoms with Gasteiger partial charge in [-0.1, -0.05) is 0 Å². The van der Waals surface area contributed by atoms with Crippen molar-refractivity contribution in [3.63, 3.8) is 0 Å². The van der Waals surface area contributed by atoms with Crippen LogP contribution in [-0.2, 0) is 9.53 Å². The van der Waals surface area contributed by atoms with Crippen molar-refractivity contribution in [2.24, 2.45) is 5.73 Å². The van der Waals surface area contributed by atoms with Crippen LogP contribution in [0.25, 0.3) is 10.9 Å². The number of rotatable bonds is 5. The number of carbonyl (C=O) groups excluding carboxylic acids is 2. The Kier molecular flexibility index (Phi) is 4.20. The third-order valence-electron chi connectivity index (χ3n) is 3.90. The number of cyclic esters (lactones) is 1. The molecule has 2 amide bonds. The molecule has 7 nitrogen and oxygen atoms in total. The second kappa shape index (κ2) is 6.31. The second-order valence-corrected chi connectivity index (χ2v) is 5.44. The molecule has 0 saturated carbocycles. The number of primary amides is 1. The highest BCUT2D eigenvalue weighted by Crippen LogP contribution is 2.33. The molecule has 24 heavy (non-hydrogen) atoms. The van der Waals surface area contributed by atoms with Gasteiger partial charge in [-0.15, -0.1) is 0 Å². The van der Waals surface area contributed by atoms with Gasteiger partial charge in [-0.05, 0) is 12.1 Å². The Balaban J connectivity index is 1.94. The van der Waals surface area contributed by atoms with E-state index in [9.17, 15) is 14.0 Å². The maximum atomic E-state index is 14.2. The lowest BCUT2D eigenvalue weighted by atomic mass is 10.0. The van der Waals surface area contributed by atoms with Crippen LogP contribution in [0.15, 0.2) is 24.4 Å². The predicted octanol–water partition coefficient (Wildman–Crippen LogP) is 1.75. The van der Waals surface area contributed by atoms with Gasteiger partial charge in [0.05, 0.1) is 13.7 Å². The molecule has 0 aliphatic carbocycles. The van der Waals surface area contributed by atoms with E-state index in [1.165, 1.54) is 24.3 Å². The minimum absolute atomic E-state index is 0.0569. The lowest BCUT2D eigenvalue weighted by Crippen LogP contribution is -2.28. The zero-order valence-electron chi connectivity index (χ0n) is 13.0. The number of fused-ring (bicyclic) bond motifs is 1. The van der Waals surface area contributed by atoms with E-state index >= 15 is 0 Å². The first-order chi connectivity index (χ1) is 11.5. The Morgan fingerprint density at radius 1 is 1.54 bits per heavy atom. The minimum Gasteiger partial charge on any atom is -0.497 e. The summed E-state index contributed by atoms with van der Waals surface area (Å²) in [6, 6.07) is 4.58. The summed E-state index contributed by atoms with van der Waals surface area (Å²) in [6.45, 7) is 0.440. The van der Waals surface area contributed by atoms with Crippen LogP contribution in [0, 0.1) is 5.82 Å². The number of nitrogens with zero attached hydrogens (tertiary/aromatic N) is 2. The first kappa shape index (κ1) is 16.0. The van der Waals surface area contributed by atoms with E-state index in [1.807, 2.05) is 0 Å². The Bertz CT molecular complexity index is 811. The van der Waals surface area contributed by atoms with Crippen molar-refractivity contribution < 1.29 is 23.5 Å². The van der Waals surface area contributed by atoms with Gasteiger partial charge in [0.2, 0.25) is 5.91 Å². The van der Waals surface area contributed by atoms with Crippen LogP contribution in [-0.4, -0.2) is 42.1 Å². The van der Waals surface area contributed by atoms with Crippen molar-refractivity contribution in [3.8, 4) is 5.75 Å². The first-order valence-electron chi connectivity index (χ1n) is 7.35. The normalized spacial score (nSPS) is 17.2. The highest BCUT2D eigenvalue weighted by Gasteiger charge is 2.33. The number of ether oxygens (including phenoxy) is 2. The van der Waals surface area contributed by atoms with E-state index in [4.69, 9.17) is 15.2 Å². The number of methoxy groups -OCH3 is 1. The molecule has 1 aromatic heterocycles. The van der Waals surface area contributed by atoms with Crippen LogP contribution in [0.4, 0.5) is 9.18 Å². The summed E-state index contributed by atoms with van der Waals surface area (Å²) in [5.41, 5.74) is 5.92. The molecule has 0 bridgehead atoms. The van der Waals surface area contributed by atoms with Crippen LogP contribution < -0.4 is 10.5 Å². The molecule has 1 saturated heterocycles. The summed E-state index contributed by atoms with van der Waals surface area (Å²) in [6.07, 6.45) is 0.408. The van der Waals surface area contributed by atoms with Crippen LogP contribution in [0.3, 0.4) is 0 Å². The molecule has 8 heteroatoms. The van der Waals surface area contributed by atoms with Gasteiger partial charge in [0, 0.05) is 36.2 Å². The van der Waals surface area contributed by atoms with Crippen molar-refractivity contribution in [1.82, 2.24) is 9.88 Å². The molecule has 2 aromatic rings. The average molecular weight is 333 g/mol. The molecule has 3 rings (SSSR count). The van der Waals surface area contributed by atoms with E-state index in [0.717, 1.165) is 0 Å². The van der Waals surface area contributed by atoms with Crippen molar-refractivity contribution in [1.29, 1.82) is 0 Å². The van der Waals surface area contributed by atoms with Gasteiger partial charge >= 0.3 is 6.09 Å². The molecule has 0 unspecified atom stereocenters. The Labute approximate surface area is 137 Å². The van der Waals surface area contributed by atoms with Crippen LogP contribution >= 0.6 is 0 Å². The third kappa shape index (κ3) is 2.94. The third-order valence-corrected chi connectivity index (χ3v) is 3.90. The zero-order valence-corrected chi connectivity index (χ0v) is 13.0. The predicted molar refractivity (Wildman–Crippen MR) is 82.9 cm³/mol. The summed E-state index contributed by atoms with van der Waals surface area (Å²) in [7, 11) is 1.44. The van der Waals surface area contributed by atoms with Crippen LogP contribution in [0.2, 0.25) is 0 Å². The zero-order chi connectivity index (χ0) is 17.3. The van der Waals surface area contributed by atoms with Crippen molar-refractivity contribution in [3.05, 3.63) is 35.8 Å². The standard InChI is InChI=1S/C16H16FN3O4/c1-23-9-6-11-10(2-4-19-15(11)12(17)7-9)13-8-20(16(22)24-13)5-3-14(18)21/h2,4,6-7,13H,3,5,8H2,1H3,(H2,18,21)/t13-/m0/s1. The van der Waals surface area contributed by atoms with E-state index in [1.54, 1.807) is 12.1 Å². The van der Waals surface area contributed by atoms with E-state index in [2.05, 4.69) is 4.98 Å². The molecular formula is C16H16FN3O4. The van der Waals surface area contributed by atoms with Crippen LogP contribution in [0.1, 0.15) is 18.1 Å². The van der Waals surface area contributed by atoms with Gasteiger partial charge in [-0.3, -0.25) is 9.78 Å². The van der Waals surface area contributed by atoms with E-state index < -0.39 is 23.9 Å². The first-order valence-corrected chi connectivity index (χ1v) is 7.35. The molecule has 0 spiro atoms. The number of benzene rings is 1. The number of halogens is 1. The number of hydrogen-bond donors (Lipinski definition) is 1. The number of nitrogens with two attached hydrogens (primary N) is 1. The number of hydrogen-bond acceptors (Lipinski definition) is 5. The molecule has 2 N–H and O–H groups in total. The molecule has 1 atom stereocenters. The van der Waals surface area contributed by atoms with Gasteiger partial charge < -0.3 is 20.1 Å². The minimum atomic E-state index is -0.581. The summed E-state index contributed by atoms with van der Waals surface area (Å²) in [5.74, 6) is -0.655. The summed E-state index contributed by atoms with van der Waals surface area (Å²) < 4.78 is 24.6. The molecule has 1 aliphatic rings. The summed E-state index contributed by atoms with van der Waals surface area (Å²) in [4.78, 5) is 28.3. The quantitative estimate of drug-likeness (QED) is 0.899. The molecule has 1 aromatic carbocycles. The average Bonchev–Trinajstić information content (AvgIpc) is 2.93. The fourth-order valence-corrected chi connectivity index (χ4v) is 2.70. The molecule has 1 aliphatic heterocycles. The maximum absolute atomic E-state index is 14.2. The van der Waals surface area contributed by atoms with Gasteiger partial charge in [0.25, 0.3) is 0 Å². The van der Waals surface area contributed by atoms with Gasteiger partial charge in [0.1, 0.15) is 17.4 Å². The van der Waals surface area contributed by atoms with Gasteiger partial charge in [0.15, 0.2) is 5.82 Å². The number of aromatic nitrogens is 1. The maximum Gasteiger partial charge on any atom is 0.410 e. The highest BCUT2D eigenvalue weighted by molar-refractivity contribution is 5.85. The van der Waals surface area contributed by atoms with Gasteiger partial charge in [-0.25, -0.2) is 9.18 Å². The Morgan fingerprint density at radius 2 is 2.33 bits per heavy atom. The van der Waals surface area contributed by atoms with Crippen molar-refractivity contribution >= 4 is 22.9 Å². The fraction of sp³-hybridized carbons (Fsp3) is 0.312.